The second kappa shape index (κ2) is 20.2. The van der Waals surface area contributed by atoms with E-state index >= 15 is 0 Å². The largest absolute Gasteiger partial charge is 0.496 e. The lowest BCUT2D eigenvalue weighted by molar-refractivity contribution is -0.161. The fourth-order valence-corrected chi connectivity index (χ4v) is 13.9. The van der Waals surface area contributed by atoms with E-state index in [-0.39, 0.29) is 30.2 Å². The van der Waals surface area contributed by atoms with Crippen LogP contribution in [0.5, 0.6) is 0 Å². The van der Waals surface area contributed by atoms with Crippen LogP contribution >= 0.6 is 31.9 Å². The molecule has 0 amide bonds. The number of ether oxygens (including phenoxy) is 4. The van der Waals surface area contributed by atoms with Crippen LogP contribution in [-0.2, 0) is 69.6 Å². The van der Waals surface area contributed by atoms with Gasteiger partial charge in [0.2, 0.25) is 0 Å². The molecule has 4 aliphatic carbocycles. The third kappa shape index (κ3) is 9.54. The van der Waals surface area contributed by atoms with Crippen LogP contribution in [0.3, 0.4) is 0 Å². The van der Waals surface area contributed by atoms with Crippen molar-refractivity contribution in [1.82, 2.24) is 9.44 Å². The van der Waals surface area contributed by atoms with Crippen LogP contribution in [0.15, 0.2) is 57.7 Å². The topological polar surface area (TPSA) is 112 Å². The molecule has 2 N–H and O–H groups in total. The maximum Gasteiger partial charge on any atom is 0.332 e. The van der Waals surface area contributed by atoms with Gasteiger partial charge in [0.1, 0.15) is 11.3 Å². The first-order valence-corrected chi connectivity index (χ1v) is 26.5. The van der Waals surface area contributed by atoms with Gasteiger partial charge < -0.3 is 18.9 Å². The summed E-state index contributed by atoms with van der Waals surface area (Å²) >= 11 is 7.27. The molecular formula is C49H74Br2N2O7S2. The number of carbonyl (C=O) groups excluding carboxylic acids is 1. The standard InChI is InChI=1S/C25H38BrNO3S.C24H36BrNO4S/c1-8-18-15-24(13-12-22(18)29-7)16-19-10-11-20(26)14-21(19)25(24,17(3)30-9-2)27-31(28)23(4,5)6;1-7-16-14-23(12-11-20(16)29-6)15-17-9-10-18(25)13-19(17)24(23,21(27)30-8-2)26-31(28)22(3,4)5/h10-11,14,18,22,27H,3,8-9,12-13,15-16H2,1-2,4-7H3;9-10,13,16,20,26H,7-8,11-12,14-15H2,1-6H3/t18-,22-,24-,25+,31+;16-,20-,23-,24-,31+/m11/s1. The third-order valence-electron chi connectivity index (χ3n) is 14.3. The quantitative estimate of drug-likeness (QED) is 0.152. The molecule has 0 radical (unpaired) electrons. The Balaban J connectivity index is 0.000000234. The summed E-state index contributed by atoms with van der Waals surface area (Å²) in [5.41, 5.74) is 1.98. The first kappa shape index (κ1) is 51.5. The molecule has 0 bridgehead atoms. The van der Waals surface area contributed by atoms with Crippen molar-refractivity contribution in [3.8, 4) is 0 Å². The molecule has 0 unspecified atom stereocenters. The van der Waals surface area contributed by atoms with Crippen molar-refractivity contribution in [2.24, 2.45) is 22.7 Å². The first-order chi connectivity index (χ1) is 29.1. The van der Waals surface area contributed by atoms with Crippen LogP contribution in [0, 0.1) is 22.7 Å². The number of methoxy groups -OCH3 is 2. The Labute approximate surface area is 395 Å². The summed E-state index contributed by atoms with van der Waals surface area (Å²) in [6.45, 7) is 25.3. The molecule has 0 heterocycles. The number of fused-ring (bicyclic) bond motifs is 2. The van der Waals surface area contributed by atoms with E-state index in [1.807, 2.05) is 74.6 Å². The molecule has 2 spiro atoms. The molecule has 13 heteroatoms. The summed E-state index contributed by atoms with van der Waals surface area (Å²) < 4.78 is 58.6. The van der Waals surface area contributed by atoms with Gasteiger partial charge in [-0.3, -0.25) is 0 Å². The molecule has 4 aliphatic rings. The molecule has 2 aromatic rings. The molecule has 9 nitrogen and oxygen atoms in total. The molecule has 0 saturated heterocycles. The highest BCUT2D eigenvalue weighted by Gasteiger charge is 2.66. The highest BCUT2D eigenvalue weighted by Crippen LogP contribution is 2.63. The smallest absolute Gasteiger partial charge is 0.332 e. The van der Waals surface area contributed by atoms with E-state index in [0.717, 1.165) is 89.8 Å². The Morgan fingerprint density at radius 3 is 1.50 bits per heavy atom. The summed E-state index contributed by atoms with van der Waals surface area (Å²) in [5, 5.41) is 0. The summed E-state index contributed by atoms with van der Waals surface area (Å²) in [4.78, 5) is 13.9. The average Bonchev–Trinajstić information content (AvgIpc) is 3.62. The normalized spacial score (nSPS) is 31.5. The number of nitrogens with one attached hydrogen (secondary N) is 2. The summed E-state index contributed by atoms with van der Waals surface area (Å²) in [5.74, 6) is 1.12. The van der Waals surface area contributed by atoms with Crippen molar-refractivity contribution >= 4 is 59.8 Å². The predicted octanol–water partition coefficient (Wildman–Crippen LogP) is 11.0. The average molecular weight is 1030 g/mol. The van der Waals surface area contributed by atoms with E-state index < -0.39 is 48.0 Å². The summed E-state index contributed by atoms with van der Waals surface area (Å²) in [6.07, 6.45) is 9.58. The van der Waals surface area contributed by atoms with Crippen LogP contribution in [0.1, 0.15) is 143 Å². The van der Waals surface area contributed by atoms with Crippen molar-refractivity contribution in [3.05, 3.63) is 79.9 Å². The third-order valence-corrected chi connectivity index (χ3v) is 18.5. The van der Waals surface area contributed by atoms with Gasteiger partial charge in [0, 0.05) is 34.0 Å². The molecular weight excluding hydrogens is 952 g/mol. The summed E-state index contributed by atoms with van der Waals surface area (Å²) in [7, 11) is 0.853. The van der Waals surface area contributed by atoms with Crippen molar-refractivity contribution in [1.29, 1.82) is 0 Å². The number of rotatable bonds is 13. The number of hydrogen-bond donors (Lipinski definition) is 2. The number of hydrogen-bond acceptors (Lipinski definition) is 7. The number of benzene rings is 2. The number of esters is 1. The van der Waals surface area contributed by atoms with Crippen LogP contribution in [0.4, 0.5) is 0 Å². The van der Waals surface area contributed by atoms with E-state index in [4.69, 9.17) is 18.9 Å². The molecule has 2 aromatic carbocycles. The molecule has 2 fully saturated rings. The monoisotopic (exact) mass is 1020 g/mol. The zero-order chi connectivity index (χ0) is 46.1. The van der Waals surface area contributed by atoms with E-state index in [2.05, 4.69) is 86.0 Å². The first-order valence-electron chi connectivity index (χ1n) is 22.6. The minimum atomic E-state index is -1.45. The van der Waals surface area contributed by atoms with Crippen molar-refractivity contribution in [3.63, 3.8) is 0 Å². The SMILES string of the molecule is C=C(OCC)[C@]1(N[S@@](=O)C(C)(C)C)c2cc(Br)ccc2C[C@]12CC[C@@H](OC)[C@H](CC)C2.CCOC(=O)[C@]1(N[S@@](=O)C(C)(C)C)c2cc(Br)ccc2C[C@]12CC[C@@H](OC)[C@H](CC)C2. The van der Waals surface area contributed by atoms with Crippen LogP contribution in [-0.4, -0.2) is 63.5 Å². The molecule has 62 heavy (non-hydrogen) atoms. The Bertz CT molecular complexity index is 1850. The molecule has 6 rings (SSSR count). The van der Waals surface area contributed by atoms with Crippen LogP contribution < -0.4 is 9.44 Å². The molecule has 2 saturated carbocycles. The van der Waals surface area contributed by atoms with Crippen molar-refractivity contribution in [2.45, 2.75) is 166 Å². The van der Waals surface area contributed by atoms with E-state index in [1.54, 1.807) is 7.11 Å². The van der Waals surface area contributed by atoms with Crippen molar-refractivity contribution in [2.75, 3.05) is 27.4 Å². The van der Waals surface area contributed by atoms with Gasteiger partial charge in [-0.25, -0.2) is 22.7 Å². The van der Waals surface area contributed by atoms with Gasteiger partial charge in [-0.05, 0) is 165 Å². The second-order valence-electron chi connectivity index (χ2n) is 19.9. The van der Waals surface area contributed by atoms with Gasteiger partial charge in [0.05, 0.1) is 56.9 Å². The van der Waals surface area contributed by atoms with E-state index in [9.17, 15) is 13.2 Å². The Hall–Kier alpha value is -1.45. The minimum absolute atomic E-state index is 0.168. The maximum atomic E-state index is 13.9. The van der Waals surface area contributed by atoms with Crippen molar-refractivity contribution < 1.29 is 32.2 Å². The van der Waals surface area contributed by atoms with Gasteiger partial charge in [-0.1, -0.05) is 77.3 Å². The van der Waals surface area contributed by atoms with E-state index in [0.29, 0.717) is 24.2 Å². The fraction of sp³-hybridized carbons (Fsp3) is 0.694. The van der Waals surface area contributed by atoms with Gasteiger partial charge in [-0.15, -0.1) is 0 Å². The minimum Gasteiger partial charge on any atom is -0.496 e. The van der Waals surface area contributed by atoms with Gasteiger partial charge in [0.15, 0.2) is 5.54 Å². The van der Waals surface area contributed by atoms with Crippen LogP contribution in [0.25, 0.3) is 0 Å². The zero-order valence-electron chi connectivity index (χ0n) is 39.4. The number of halogens is 2. The lowest BCUT2D eigenvalue weighted by Crippen LogP contribution is -2.63. The Morgan fingerprint density at radius 2 is 1.11 bits per heavy atom. The fourth-order valence-electron chi connectivity index (χ4n) is 11.2. The van der Waals surface area contributed by atoms with Crippen LogP contribution in [0.2, 0.25) is 0 Å². The molecule has 0 aliphatic heterocycles. The summed E-state index contributed by atoms with van der Waals surface area (Å²) in [6, 6.07) is 12.6. The maximum absolute atomic E-state index is 13.9. The second-order valence-corrected chi connectivity index (χ2v) is 25.7. The van der Waals surface area contributed by atoms with Gasteiger partial charge in [0.25, 0.3) is 0 Å². The highest BCUT2D eigenvalue weighted by atomic mass is 79.9. The van der Waals surface area contributed by atoms with E-state index in [1.165, 1.54) is 5.56 Å². The molecule has 10 atom stereocenters. The highest BCUT2D eigenvalue weighted by molar-refractivity contribution is 9.10. The zero-order valence-corrected chi connectivity index (χ0v) is 44.2. The molecule has 0 aromatic heterocycles. The van der Waals surface area contributed by atoms with Gasteiger partial charge in [-0.2, -0.15) is 0 Å². The Morgan fingerprint density at radius 1 is 0.710 bits per heavy atom. The lowest BCUT2D eigenvalue weighted by atomic mass is 9.58. The molecule has 348 valence electrons. The predicted molar refractivity (Wildman–Crippen MR) is 260 cm³/mol. The van der Waals surface area contributed by atoms with Gasteiger partial charge >= 0.3 is 5.97 Å². The Kier molecular flexibility index (Phi) is 16.8. The number of carbonyl (C=O) groups is 1. The lowest BCUT2D eigenvalue weighted by Gasteiger charge is -2.53.